The van der Waals surface area contributed by atoms with Gasteiger partial charge >= 0.3 is 5.97 Å². The van der Waals surface area contributed by atoms with Crippen molar-refractivity contribution >= 4 is 5.97 Å². The molecule has 1 aliphatic rings. The number of aliphatic carboxylic acids is 1. The van der Waals surface area contributed by atoms with Crippen LogP contribution in [0.3, 0.4) is 0 Å². The quantitative estimate of drug-likeness (QED) is 0.743. The Labute approximate surface area is 118 Å². The zero-order chi connectivity index (χ0) is 14.5. The first kappa shape index (κ1) is 16.5. The van der Waals surface area contributed by atoms with Crippen molar-refractivity contribution < 1.29 is 9.90 Å². The van der Waals surface area contributed by atoms with E-state index in [-0.39, 0.29) is 5.92 Å². The van der Waals surface area contributed by atoms with E-state index in [4.69, 9.17) is 0 Å². The molecule has 1 rings (SSSR count). The molecule has 0 spiro atoms. The maximum atomic E-state index is 11.2. The zero-order valence-electron chi connectivity index (χ0n) is 13.0. The van der Waals surface area contributed by atoms with E-state index < -0.39 is 5.97 Å². The Morgan fingerprint density at radius 1 is 1.32 bits per heavy atom. The van der Waals surface area contributed by atoms with Gasteiger partial charge in [-0.1, -0.05) is 27.7 Å². The maximum absolute atomic E-state index is 11.2. The Morgan fingerprint density at radius 3 is 2.37 bits per heavy atom. The van der Waals surface area contributed by atoms with Crippen molar-refractivity contribution in [2.75, 3.05) is 13.1 Å². The van der Waals surface area contributed by atoms with E-state index in [0.29, 0.717) is 17.9 Å². The van der Waals surface area contributed by atoms with Crippen molar-refractivity contribution in [1.29, 1.82) is 0 Å². The van der Waals surface area contributed by atoms with Gasteiger partial charge in [0.05, 0.1) is 5.92 Å². The van der Waals surface area contributed by atoms with Gasteiger partial charge in [0.2, 0.25) is 0 Å². The molecule has 1 aliphatic carbocycles. The highest BCUT2D eigenvalue weighted by Crippen LogP contribution is 2.37. The minimum atomic E-state index is -0.661. The third-order valence-corrected chi connectivity index (χ3v) is 4.39. The fourth-order valence-electron chi connectivity index (χ4n) is 2.97. The summed E-state index contributed by atoms with van der Waals surface area (Å²) in [6.07, 6.45) is 5.92. The molecule has 1 atom stereocenters. The van der Waals surface area contributed by atoms with Crippen LogP contribution in [0.25, 0.3) is 0 Å². The van der Waals surface area contributed by atoms with Crippen molar-refractivity contribution in [3.8, 4) is 0 Å². The van der Waals surface area contributed by atoms with Gasteiger partial charge < -0.3 is 10.4 Å². The van der Waals surface area contributed by atoms with Gasteiger partial charge in [-0.2, -0.15) is 0 Å². The Kier molecular flexibility index (Phi) is 6.31. The van der Waals surface area contributed by atoms with Crippen LogP contribution in [-0.2, 0) is 4.79 Å². The number of rotatable bonds is 7. The van der Waals surface area contributed by atoms with Gasteiger partial charge in [-0.3, -0.25) is 4.79 Å². The monoisotopic (exact) mass is 269 g/mol. The smallest absolute Gasteiger partial charge is 0.307 e. The highest BCUT2D eigenvalue weighted by Gasteiger charge is 2.27. The lowest BCUT2D eigenvalue weighted by Crippen LogP contribution is -2.34. The molecule has 3 nitrogen and oxygen atoms in total. The van der Waals surface area contributed by atoms with Gasteiger partial charge in [-0.25, -0.2) is 0 Å². The Hall–Kier alpha value is -0.570. The van der Waals surface area contributed by atoms with Crippen LogP contribution in [0.4, 0.5) is 0 Å². The van der Waals surface area contributed by atoms with Crippen LogP contribution in [0, 0.1) is 23.2 Å². The van der Waals surface area contributed by atoms with Crippen LogP contribution in [0.2, 0.25) is 0 Å². The molecule has 0 amide bonds. The number of carbonyl (C=O) groups is 1. The van der Waals surface area contributed by atoms with Gasteiger partial charge in [0.25, 0.3) is 0 Å². The summed E-state index contributed by atoms with van der Waals surface area (Å²) in [5.74, 6) is 0.283. The van der Waals surface area contributed by atoms with Crippen LogP contribution >= 0.6 is 0 Å². The Bertz CT molecular complexity index is 276. The second-order valence-electron chi connectivity index (χ2n) is 7.43. The maximum Gasteiger partial charge on any atom is 0.307 e. The summed E-state index contributed by atoms with van der Waals surface area (Å²) < 4.78 is 0. The number of nitrogens with one attached hydrogen (secondary N) is 1. The van der Waals surface area contributed by atoms with E-state index in [1.165, 1.54) is 25.7 Å². The summed E-state index contributed by atoms with van der Waals surface area (Å²) in [5, 5.41) is 12.6. The minimum Gasteiger partial charge on any atom is -0.481 e. The molecular formula is C16H31NO2. The molecule has 112 valence electrons. The third kappa shape index (κ3) is 6.42. The van der Waals surface area contributed by atoms with Gasteiger partial charge in [0, 0.05) is 6.54 Å². The Morgan fingerprint density at radius 2 is 1.89 bits per heavy atom. The van der Waals surface area contributed by atoms with E-state index in [9.17, 15) is 9.90 Å². The molecule has 0 aromatic carbocycles. The van der Waals surface area contributed by atoms with Crippen LogP contribution in [-0.4, -0.2) is 24.2 Å². The minimum absolute atomic E-state index is 0.236. The molecule has 0 heterocycles. The van der Waals surface area contributed by atoms with E-state index >= 15 is 0 Å². The SMILES string of the molecule is CC(C)CC(CNCC1CCC(C)(C)CC1)C(=O)O. The molecule has 2 N–H and O–H groups in total. The number of hydrogen-bond acceptors (Lipinski definition) is 2. The first-order chi connectivity index (χ1) is 8.80. The van der Waals surface area contributed by atoms with Crippen LogP contribution in [0.5, 0.6) is 0 Å². The van der Waals surface area contributed by atoms with Gasteiger partial charge in [0.15, 0.2) is 0 Å². The summed E-state index contributed by atoms with van der Waals surface area (Å²) >= 11 is 0. The van der Waals surface area contributed by atoms with Crippen molar-refractivity contribution in [3.05, 3.63) is 0 Å². The van der Waals surface area contributed by atoms with Crippen LogP contribution < -0.4 is 5.32 Å². The van der Waals surface area contributed by atoms with Gasteiger partial charge in [-0.15, -0.1) is 0 Å². The molecule has 1 unspecified atom stereocenters. The standard InChI is InChI=1S/C16H31NO2/c1-12(2)9-14(15(18)19)11-17-10-13-5-7-16(3,4)8-6-13/h12-14,17H,5-11H2,1-4H3,(H,18,19). The first-order valence-electron chi connectivity index (χ1n) is 7.73. The highest BCUT2D eigenvalue weighted by molar-refractivity contribution is 5.70. The van der Waals surface area contributed by atoms with Gasteiger partial charge in [0.1, 0.15) is 0 Å². The lowest BCUT2D eigenvalue weighted by atomic mass is 9.73. The average molecular weight is 269 g/mol. The van der Waals surface area contributed by atoms with Crippen molar-refractivity contribution in [1.82, 2.24) is 5.32 Å². The molecule has 0 aromatic heterocycles. The summed E-state index contributed by atoms with van der Waals surface area (Å²) in [7, 11) is 0. The molecular weight excluding hydrogens is 238 g/mol. The lowest BCUT2D eigenvalue weighted by Gasteiger charge is -2.34. The summed E-state index contributed by atoms with van der Waals surface area (Å²) in [6.45, 7) is 10.5. The predicted octanol–water partition coefficient (Wildman–Crippen LogP) is 3.54. The summed E-state index contributed by atoms with van der Waals surface area (Å²) in [5.41, 5.74) is 0.512. The average Bonchev–Trinajstić information content (AvgIpc) is 2.29. The third-order valence-electron chi connectivity index (χ3n) is 4.39. The van der Waals surface area contributed by atoms with Crippen molar-refractivity contribution in [2.45, 2.75) is 59.8 Å². The number of carboxylic acid groups (broad SMARTS) is 1. The summed E-state index contributed by atoms with van der Waals surface area (Å²) in [6, 6.07) is 0. The first-order valence-corrected chi connectivity index (χ1v) is 7.73. The molecule has 3 heteroatoms. The van der Waals surface area contributed by atoms with E-state index in [0.717, 1.165) is 18.9 Å². The topological polar surface area (TPSA) is 49.3 Å². The molecule has 19 heavy (non-hydrogen) atoms. The molecule has 0 radical (unpaired) electrons. The lowest BCUT2D eigenvalue weighted by molar-refractivity contribution is -0.142. The predicted molar refractivity (Wildman–Crippen MR) is 79.2 cm³/mol. The normalized spacial score (nSPS) is 21.5. The number of carboxylic acids is 1. The zero-order valence-corrected chi connectivity index (χ0v) is 13.0. The van der Waals surface area contributed by atoms with Crippen LogP contribution in [0.1, 0.15) is 59.8 Å². The summed E-state index contributed by atoms with van der Waals surface area (Å²) in [4.78, 5) is 11.2. The van der Waals surface area contributed by atoms with Crippen LogP contribution in [0.15, 0.2) is 0 Å². The van der Waals surface area contributed by atoms with Crippen molar-refractivity contribution in [2.24, 2.45) is 23.2 Å². The second-order valence-corrected chi connectivity index (χ2v) is 7.43. The fraction of sp³-hybridized carbons (Fsp3) is 0.938. The van der Waals surface area contributed by atoms with E-state index in [1.54, 1.807) is 0 Å². The molecule has 0 bridgehead atoms. The molecule has 1 saturated carbocycles. The van der Waals surface area contributed by atoms with E-state index in [2.05, 4.69) is 33.0 Å². The molecule has 1 fully saturated rings. The second kappa shape index (κ2) is 7.28. The Balaban J connectivity index is 2.23. The molecule has 0 aliphatic heterocycles. The van der Waals surface area contributed by atoms with Crippen molar-refractivity contribution in [3.63, 3.8) is 0 Å². The van der Waals surface area contributed by atoms with Gasteiger partial charge in [-0.05, 0) is 55.9 Å². The molecule has 0 saturated heterocycles. The van der Waals surface area contributed by atoms with E-state index in [1.807, 2.05) is 0 Å². The molecule has 0 aromatic rings. The highest BCUT2D eigenvalue weighted by atomic mass is 16.4. The number of hydrogen-bond donors (Lipinski definition) is 2. The largest absolute Gasteiger partial charge is 0.481 e. The fourth-order valence-corrected chi connectivity index (χ4v) is 2.97.